The van der Waals surface area contributed by atoms with Crippen LogP contribution in [0.5, 0.6) is 0 Å². The Balaban J connectivity index is 1.77. The van der Waals surface area contributed by atoms with Crippen LogP contribution in [0.4, 0.5) is 0 Å². The van der Waals surface area contributed by atoms with Crippen molar-refractivity contribution in [3.8, 4) is 0 Å². The van der Waals surface area contributed by atoms with Gasteiger partial charge in [0.05, 0.1) is 24.7 Å². The van der Waals surface area contributed by atoms with Crippen molar-refractivity contribution >= 4 is 26.0 Å². The Morgan fingerprint density at radius 3 is 2.46 bits per heavy atom. The summed E-state index contributed by atoms with van der Waals surface area (Å²) in [4.78, 5) is 1.82. The van der Waals surface area contributed by atoms with E-state index >= 15 is 0 Å². The normalized spacial score (nSPS) is 22.4. The molecule has 134 valence electrons. The van der Waals surface area contributed by atoms with E-state index in [2.05, 4.69) is 20.7 Å². The summed E-state index contributed by atoms with van der Waals surface area (Å²) in [5.74, 6) is 0. The van der Waals surface area contributed by atoms with Gasteiger partial charge in [0.1, 0.15) is 18.6 Å². The summed E-state index contributed by atoms with van der Waals surface area (Å²) in [7, 11) is -3.51. The fraction of sp³-hybridized carbons (Fsp3) is 0.647. The van der Waals surface area contributed by atoms with Crippen LogP contribution < -0.4 is 9.62 Å². The largest absolute Gasteiger partial charge is 0.370 e. The second-order valence-corrected chi connectivity index (χ2v) is 9.40. The number of nitrogens with one attached hydrogen (secondary N) is 2. The van der Waals surface area contributed by atoms with Crippen LogP contribution in [-0.4, -0.2) is 46.8 Å². The van der Waals surface area contributed by atoms with Crippen LogP contribution in [0.2, 0.25) is 0 Å². The van der Waals surface area contributed by atoms with Crippen LogP contribution in [0.15, 0.2) is 33.6 Å². The van der Waals surface area contributed by atoms with Gasteiger partial charge in [-0.25, -0.2) is 13.1 Å². The predicted octanol–water partition coefficient (Wildman–Crippen LogP) is 1.35. The van der Waals surface area contributed by atoms with Crippen molar-refractivity contribution in [1.82, 2.24) is 4.72 Å². The molecule has 1 aliphatic heterocycles. The van der Waals surface area contributed by atoms with E-state index in [1.54, 1.807) is 18.2 Å². The van der Waals surface area contributed by atoms with Gasteiger partial charge in [0.25, 0.3) is 0 Å². The second-order valence-electron chi connectivity index (χ2n) is 6.81. The molecule has 2 aliphatic rings. The minimum atomic E-state index is -3.51. The number of hydrogen-bond donors (Lipinski definition) is 2. The van der Waals surface area contributed by atoms with Gasteiger partial charge in [0.2, 0.25) is 10.0 Å². The van der Waals surface area contributed by atoms with Crippen molar-refractivity contribution in [2.45, 2.75) is 42.5 Å². The monoisotopic (exact) mass is 417 g/mol. The number of benzene rings is 1. The fourth-order valence-electron chi connectivity index (χ4n) is 4.01. The highest BCUT2D eigenvalue weighted by atomic mass is 79.9. The Bertz CT molecular complexity index is 654. The van der Waals surface area contributed by atoms with Gasteiger partial charge < -0.3 is 9.64 Å². The number of hydrogen-bond acceptors (Lipinski definition) is 3. The molecular formula is C17H26BrN2O3S+. The summed E-state index contributed by atoms with van der Waals surface area (Å²) in [6.45, 7) is 3.99. The number of halogens is 1. The molecule has 0 bridgehead atoms. The highest BCUT2D eigenvalue weighted by Crippen LogP contribution is 2.27. The van der Waals surface area contributed by atoms with Gasteiger partial charge in [-0.15, -0.1) is 0 Å². The van der Waals surface area contributed by atoms with Crippen molar-refractivity contribution in [1.29, 1.82) is 0 Å². The van der Waals surface area contributed by atoms with Gasteiger partial charge in [-0.2, -0.15) is 0 Å². The quantitative estimate of drug-likeness (QED) is 0.759. The van der Waals surface area contributed by atoms with Crippen LogP contribution >= 0.6 is 15.9 Å². The van der Waals surface area contributed by atoms with Crippen LogP contribution in [-0.2, 0) is 14.8 Å². The zero-order chi connectivity index (χ0) is 17.0. The van der Waals surface area contributed by atoms with Crippen molar-refractivity contribution in [2.24, 2.45) is 0 Å². The van der Waals surface area contributed by atoms with Crippen LogP contribution in [0.25, 0.3) is 0 Å². The smallest absolute Gasteiger partial charge is 0.241 e. The van der Waals surface area contributed by atoms with Gasteiger partial charge in [-0.05, 0) is 40.9 Å². The van der Waals surface area contributed by atoms with E-state index in [0.717, 1.165) is 39.1 Å². The van der Waals surface area contributed by atoms with E-state index in [1.165, 1.54) is 24.2 Å². The lowest BCUT2D eigenvalue weighted by molar-refractivity contribution is -0.960. The zero-order valence-electron chi connectivity index (χ0n) is 13.9. The maximum Gasteiger partial charge on any atom is 0.241 e. The maximum absolute atomic E-state index is 12.7. The van der Waals surface area contributed by atoms with Crippen molar-refractivity contribution in [3.05, 3.63) is 28.7 Å². The molecule has 2 fully saturated rings. The molecule has 1 heterocycles. The topological polar surface area (TPSA) is 59.8 Å². The lowest BCUT2D eigenvalue weighted by atomic mass is 9.80. The zero-order valence-corrected chi connectivity index (χ0v) is 16.3. The average molecular weight is 418 g/mol. The molecule has 24 heavy (non-hydrogen) atoms. The maximum atomic E-state index is 12.7. The Labute approximate surface area is 152 Å². The number of morpholine rings is 1. The third-order valence-electron chi connectivity index (χ3n) is 5.38. The van der Waals surface area contributed by atoms with Gasteiger partial charge in [0.15, 0.2) is 0 Å². The number of rotatable bonds is 5. The van der Waals surface area contributed by atoms with E-state index in [-0.39, 0.29) is 5.54 Å². The first kappa shape index (κ1) is 18.3. The molecule has 0 atom stereocenters. The van der Waals surface area contributed by atoms with Gasteiger partial charge in [0, 0.05) is 17.3 Å². The SMILES string of the molecule is O=S(=O)(NCC1([NH+]2CCOCC2)CCCCC1)c1ccccc1Br. The van der Waals surface area contributed by atoms with E-state index in [4.69, 9.17) is 4.74 Å². The van der Waals surface area contributed by atoms with Crippen LogP contribution in [0.1, 0.15) is 32.1 Å². The van der Waals surface area contributed by atoms with Crippen molar-refractivity contribution < 1.29 is 18.1 Å². The summed E-state index contributed by atoms with van der Waals surface area (Å²) in [6, 6.07) is 6.98. The standard InChI is InChI=1S/C17H25BrN2O3S/c18-15-6-2-3-7-16(15)24(21,22)19-14-17(8-4-1-5-9-17)20-10-12-23-13-11-20/h2-3,6-7,19H,1,4-5,8-14H2/p+1. The molecule has 0 unspecified atom stereocenters. The summed E-state index contributed by atoms with van der Waals surface area (Å²) in [5.41, 5.74) is 0.0103. The van der Waals surface area contributed by atoms with Gasteiger partial charge >= 0.3 is 0 Å². The number of ether oxygens (including phenoxy) is 1. The first-order chi connectivity index (χ1) is 11.5. The first-order valence-corrected chi connectivity index (χ1v) is 11.0. The van der Waals surface area contributed by atoms with Crippen LogP contribution in [0.3, 0.4) is 0 Å². The van der Waals surface area contributed by atoms with Gasteiger partial charge in [-0.3, -0.25) is 0 Å². The minimum absolute atomic E-state index is 0.0103. The third-order valence-corrected chi connectivity index (χ3v) is 7.80. The van der Waals surface area contributed by atoms with E-state index in [1.807, 2.05) is 6.07 Å². The van der Waals surface area contributed by atoms with Crippen molar-refractivity contribution in [3.63, 3.8) is 0 Å². The molecule has 2 N–H and O–H groups in total. The second kappa shape index (κ2) is 7.83. The first-order valence-electron chi connectivity index (χ1n) is 8.71. The summed E-state index contributed by atoms with van der Waals surface area (Å²) < 4.78 is 34.5. The molecule has 0 aromatic heterocycles. The molecule has 1 aliphatic carbocycles. The molecule has 7 heteroatoms. The van der Waals surface area contributed by atoms with Crippen LogP contribution in [0, 0.1) is 0 Å². The lowest BCUT2D eigenvalue weighted by Crippen LogP contribution is -3.23. The molecule has 3 rings (SSSR count). The molecule has 1 saturated heterocycles. The fourth-order valence-corrected chi connectivity index (χ4v) is 6.13. The molecule has 0 radical (unpaired) electrons. The third kappa shape index (κ3) is 4.02. The average Bonchev–Trinajstić information content (AvgIpc) is 2.62. The molecule has 1 saturated carbocycles. The minimum Gasteiger partial charge on any atom is -0.370 e. The molecule has 0 spiro atoms. The highest BCUT2D eigenvalue weighted by molar-refractivity contribution is 9.10. The molecule has 1 aromatic carbocycles. The van der Waals surface area contributed by atoms with E-state index in [0.29, 0.717) is 15.9 Å². The van der Waals surface area contributed by atoms with Gasteiger partial charge in [-0.1, -0.05) is 18.6 Å². The van der Waals surface area contributed by atoms with E-state index in [9.17, 15) is 8.42 Å². The summed E-state index contributed by atoms with van der Waals surface area (Å²) >= 11 is 3.35. The number of sulfonamides is 1. The number of quaternary nitrogens is 1. The highest BCUT2D eigenvalue weighted by Gasteiger charge is 2.43. The molecule has 0 amide bonds. The van der Waals surface area contributed by atoms with E-state index < -0.39 is 10.0 Å². The predicted molar refractivity (Wildman–Crippen MR) is 96.7 cm³/mol. The Hall–Kier alpha value is -0.470. The molecular weight excluding hydrogens is 392 g/mol. The summed E-state index contributed by atoms with van der Waals surface area (Å²) in [6.07, 6.45) is 5.78. The molecule has 1 aromatic rings. The Morgan fingerprint density at radius 1 is 1.12 bits per heavy atom. The Kier molecular flexibility index (Phi) is 5.98. The molecule has 5 nitrogen and oxygen atoms in total. The van der Waals surface area contributed by atoms with Crippen molar-refractivity contribution in [2.75, 3.05) is 32.8 Å². The Morgan fingerprint density at radius 2 is 1.79 bits per heavy atom. The summed E-state index contributed by atoms with van der Waals surface area (Å²) in [5, 5.41) is 0. The lowest BCUT2D eigenvalue weighted by Gasteiger charge is -2.45.